The molecule has 0 spiro atoms. The number of sulfonamides is 1. The minimum atomic E-state index is -3.60. The van der Waals surface area contributed by atoms with Crippen molar-refractivity contribution in [3.05, 3.63) is 86.9 Å². The van der Waals surface area contributed by atoms with Crippen LogP contribution >= 0.6 is 23.2 Å². The van der Waals surface area contributed by atoms with E-state index in [4.69, 9.17) is 28.0 Å². The number of carbonyl (C=O) groups is 3. The highest BCUT2D eigenvalue weighted by atomic mass is 35.5. The lowest BCUT2D eigenvalue weighted by Crippen LogP contribution is -2.59. The fourth-order valence-corrected chi connectivity index (χ4v) is 7.41. The third kappa shape index (κ3) is 6.48. The number of amides is 2. The predicted molar refractivity (Wildman–Crippen MR) is 160 cm³/mol. The minimum absolute atomic E-state index is 0.123. The van der Waals surface area contributed by atoms with Gasteiger partial charge in [-0.25, -0.2) is 23.6 Å². The number of rotatable bonds is 9. The largest absolute Gasteiger partial charge is 0.327 e. The van der Waals surface area contributed by atoms with Crippen molar-refractivity contribution in [3.63, 3.8) is 0 Å². The topological polar surface area (TPSA) is 140 Å². The Morgan fingerprint density at radius 1 is 1.14 bits per heavy atom. The van der Waals surface area contributed by atoms with Crippen molar-refractivity contribution in [2.75, 3.05) is 6.26 Å². The molecule has 14 heteroatoms. The highest BCUT2D eigenvalue weighted by Gasteiger charge is 2.49. The van der Waals surface area contributed by atoms with Gasteiger partial charge >= 0.3 is 0 Å². The second-order valence-electron chi connectivity index (χ2n) is 10.8. The summed E-state index contributed by atoms with van der Waals surface area (Å²) in [5, 5.41) is 0.637. The first-order chi connectivity index (χ1) is 20.5. The number of hydrogen-bond donors (Lipinski definition) is 2. The molecule has 2 N–H and O–H groups in total. The van der Waals surface area contributed by atoms with Crippen molar-refractivity contribution >= 4 is 51.3 Å². The van der Waals surface area contributed by atoms with Crippen molar-refractivity contribution in [1.82, 2.24) is 24.7 Å². The van der Waals surface area contributed by atoms with Crippen LogP contribution in [-0.2, 0) is 33.3 Å². The van der Waals surface area contributed by atoms with Crippen molar-refractivity contribution in [2.45, 2.75) is 56.3 Å². The first-order valence-corrected chi connectivity index (χ1v) is 16.4. The zero-order valence-corrected chi connectivity index (χ0v) is 25.8. The van der Waals surface area contributed by atoms with Gasteiger partial charge in [0.25, 0.3) is 11.8 Å². The first-order valence-electron chi connectivity index (χ1n) is 13.7. The number of nitrogens with one attached hydrogen (secondary N) is 2. The summed E-state index contributed by atoms with van der Waals surface area (Å²) in [7, 11) is -1.95. The van der Waals surface area contributed by atoms with Crippen LogP contribution in [0, 0.1) is 0 Å². The lowest BCUT2D eigenvalue weighted by Gasteiger charge is -2.49. The number of benzene rings is 2. The second kappa shape index (κ2) is 12.7. The third-order valence-corrected chi connectivity index (χ3v) is 9.30. The molecule has 2 amide bonds. The normalized spacial score (nSPS) is 22.2. The predicted octanol–water partition coefficient (Wildman–Crippen LogP) is 3.93. The molecule has 11 nitrogen and oxygen atoms in total. The molecular weight excluding hydrogens is 617 g/mol. The van der Waals surface area contributed by atoms with Crippen LogP contribution in [0.2, 0.25) is 10.0 Å². The molecule has 4 atom stereocenters. The average Bonchev–Trinajstić information content (AvgIpc) is 3.31. The summed E-state index contributed by atoms with van der Waals surface area (Å²) >= 11 is 13.0. The molecule has 0 bridgehead atoms. The van der Waals surface area contributed by atoms with E-state index < -0.39 is 40.0 Å². The Morgan fingerprint density at radius 2 is 1.88 bits per heavy atom. The van der Waals surface area contributed by atoms with E-state index in [1.165, 1.54) is 6.20 Å². The maximum absolute atomic E-state index is 14.3. The summed E-state index contributed by atoms with van der Waals surface area (Å²) in [4.78, 5) is 50.9. The van der Waals surface area contributed by atoms with Crippen LogP contribution in [0.5, 0.6) is 0 Å². The Hall–Kier alpha value is -3.29. The fraction of sp³-hybridized carbons (Fsp3) is 0.379. The number of aromatic nitrogens is 2. The van der Waals surface area contributed by atoms with Crippen molar-refractivity contribution in [1.29, 1.82) is 0 Å². The smallest absolute Gasteiger partial charge is 0.255 e. The van der Waals surface area contributed by atoms with Crippen LogP contribution < -0.4 is 10.2 Å². The standard InChI is InChI=1S/C29H31Cl2N5O6S/c1-35-18(15-37)14-32-25(35)16-42-33-28(38)26-19-7-3-4-8-20(19)29(39)36(27(26)21-12-11-17(30)13-22(21)31)24-10-6-5-9-23(24)34-43(2,40)41/h3-4,7-8,11-15,23-24,26-27,34H,5-6,9-10,16H2,1-2H3,(H,33,38)/t23-,24-,26+,27-/m0/s1. The van der Waals surface area contributed by atoms with Crippen LogP contribution in [0.1, 0.15) is 75.4 Å². The lowest BCUT2D eigenvalue weighted by molar-refractivity contribution is -0.138. The summed E-state index contributed by atoms with van der Waals surface area (Å²) in [5.74, 6) is -1.45. The molecule has 5 rings (SSSR count). The Balaban J connectivity index is 1.58. The molecule has 1 aromatic heterocycles. The zero-order valence-electron chi connectivity index (χ0n) is 23.5. The minimum Gasteiger partial charge on any atom is -0.327 e. The van der Waals surface area contributed by atoms with Crippen LogP contribution in [0.25, 0.3) is 0 Å². The fourth-order valence-electron chi connectivity index (χ4n) is 6.07. The average molecular weight is 649 g/mol. The molecule has 0 unspecified atom stereocenters. The summed E-state index contributed by atoms with van der Waals surface area (Å²) in [6.07, 6.45) is 5.75. The Morgan fingerprint density at radius 3 is 2.58 bits per heavy atom. The number of aldehydes is 1. The quantitative estimate of drug-likeness (QED) is 0.265. The van der Waals surface area contributed by atoms with E-state index in [0.29, 0.717) is 52.4 Å². The molecule has 2 heterocycles. The van der Waals surface area contributed by atoms with Crippen LogP contribution in [-0.4, -0.2) is 59.3 Å². The molecule has 0 saturated heterocycles. The summed E-state index contributed by atoms with van der Waals surface area (Å²) in [6.45, 7) is -0.123. The highest BCUT2D eigenvalue weighted by molar-refractivity contribution is 7.88. The van der Waals surface area contributed by atoms with E-state index in [2.05, 4.69) is 15.2 Å². The Bertz CT molecular complexity index is 1660. The van der Waals surface area contributed by atoms with Crippen molar-refractivity contribution < 1.29 is 27.6 Å². The van der Waals surface area contributed by atoms with Crippen LogP contribution in [0.3, 0.4) is 0 Å². The van der Waals surface area contributed by atoms with Crippen LogP contribution in [0.15, 0.2) is 48.7 Å². The number of nitrogens with zero attached hydrogens (tertiary/aromatic N) is 3. The van der Waals surface area contributed by atoms with Gasteiger partial charge in [0, 0.05) is 34.7 Å². The van der Waals surface area contributed by atoms with Crippen molar-refractivity contribution in [2.24, 2.45) is 7.05 Å². The van der Waals surface area contributed by atoms with Gasteiger partial charge in [-0.05, 0) is 42.2 Å². The molecule has 1 aliphatic carbocycles. The zero-order chi connectivity index (χ0) is 30.9. The Labute approximate surface area is 259 Å². The molecule has 2 aliphatic rings. The molecule has 2 aromatic carbocycles. The second-order valence-corrected chi connectivity index (χ2v) is 13.4. The summed E-state index contributed by atoms with van der Waals surface area (Å²) in [6, 6.07) is 9.65. The molecule has 1 saturated carbocycles. The van der Waals surface area contributed by atoms with Crippen molar-refractivity contribution in [3.8, 4) is 0 Å². The van der Waals surface area contributed by atoms with Gasteiger partial charge in [0.05, 0.1) is 24.4 Å². The van der Waals surface area contributed by atoms with Crippen LogP contribution in [0.4, 0.5) is 0 Å². The van der Waals surface area contributed by atoms with Gasteiger partial charge < -0.3 is 9.47 Å². The number of imidazole rings is 1. The van der Waals surface area contributed by atoms with Gasteiger partial charge in [-0.3, -0.25) is 19.2 Å². The third-order valence-electron chi connectivity index (χ3n) is 8.01. The molecule has 1 aliphatic heterocycles. The van der Waals surface area contributed by atoms with E-state index in [1.807, 2.05) is 0 Å². The maximum atomic E-state index is 14.3. The molecule has 3 aromatic rings. The molecular formula is C29H31Cl2N5O6S. The Kier molecular flexibility index (Phi) is 9.23. The monoisotopic (exact) mass is 647 g/mol. The number of hydroxylamine groups is 1. The van der Waals surface area contributed by atoms with E-state index in [-0.39, 0.29) is 17.5 Å². The van der Waals surface area contributed by atoms with Gasteiger partial charge in [0.15, 0.2) is 6.29 Å². The number of fused-ring (bicyclic) bond motifs is 1. The van der Waals surface area contributed by atoms with Gasteiger partial charge in [0.2, 0.25) is 10.0 Å². The van der Waals surface area contributed by atoms with E-state index in [9.17, 15) is 22.8 Å². The van der Waals surface area contributed by atoms with Gasteiger partial charge in [-0.2, -0.15) is 0 Å². The van der Waals surface area contributed by atoms with E-state index in [1.54, 1.807) is 59.0 Å². The number of carbonyl (C=O) groups excluding carboxylic acids is 3. The van der Waals surface area contributed by atoms with E-state index >= 15 is 0 Å². The van der Waals surface area contributed by atoms with E-state index in [0.717, 1.165) is 19.1 Å². The molecule has 0 radical (unpaired) electrons. The van der Waals surface area contributed by atoms with Gasteiger partial charge in [-0.1, -0.05) is 60.3 Å². The molecule has 43 heavy (non-hydrogen) atoms. The lowest BCUT2D eigenvalue weighted by atomic mass is 9.76. The number of hydrogen-bond acceptors (Lipinski definition) is 7. The number of halogens is 2. The summed E-state index contributed by atoms with van der Waals surface area (Å²) < 4.78 is 29.0. The molecule has 1 fully saturated rings. The first kappa shape index (κ1) is 31.1. The van der Waals surface area contributed by atoms with Gasteiger partial charge in [0.1, 0.15) is 18.1 Å². The summed E-state index contributed by atoms with van der Waals surface area (Å²) in [5.41, 5.74) is 4.15. The highest BCUT2D eigenvalue weighted by Crippen LogP contribution is 2.47. The maximum Gasteiger partial charge on any atom is 0.255 e. The molecule has 228 valence electrons. The van der Waals surface area contributed by atoms with Gasteiger partial charge in [-0.15, -0.1) is 0 Å². The SMILES string of the molecule is Cn1c(C=O)cnc1CONC(=O)[C@@H]1c2ccccc2C(=O)N([C@H]2CCCC[C@@H]2NS(C)(=O)=O)[C@H]1c1ccc(Cl)cc1Cl.